The van der Waals surface area contributed by atoms with Crippen molar-refractivity contribution in [2.75, 3.05) is 26.7 Å². The van der Waals surface area contributed by atoms with Crippen molar-refractivity contribution in [3.63, 3.8) is 0 Å². The van der Waals surface area contributed by atoms with Crippen LogP contribution in [0.2, 0.25) is 0 Å². The number of carbonyl (C=O) groups excluding carboxylic acids is 3. The van der Waals surface area contributed by atoms with Gasteiger partial charge in [-0.25, -0.2) is 4.79 Å². The van der Waals surface area contributed by atoms with Crippen LogP contribution in [0.3, 0.4) is 0 Å². The second-order valence-electron chi connectivity index (χ2n) is 7.99. The van der Waals surface area contributed by atoms with E-state index in [1.807, 2.05) is 27.7 Å². The molecule has 0 unspecified atom stereocenters. The average molecular weight is 339 g/mol. The summed E-state index contributed by atoms with van der Waals surface area (Å²) in [6.45, 7) is 8.91. The minimum Gasteiger partial charge on any atom is -0.444 e. The zero-order valence-electron chi connectivity index (χ0n) is 15.3. The Balaban J connectivity index is 1.89. The van der Waals surface area contributed by atoms with Gasteiger partial charge in [0.05, 0.1) is 5.92 Å². The van der Waals surface area contributed by atoms with Crippen LogP contribution in [0.15, 0.2) is 0 Å². The van der Waals surface area contributed by atoms with Gasteiger partial charge in [0.2, 0.25) is 11.8 Å². The molecule has 0 saturated carbocycles. The van der Waals surface area contributed by atoms with Gasteiger partial charge in [-0.3, -0.25) is 9.59 Å². The molecule has 2 rings (SSSR count). The fourth-order valence-electron chi connectivity index (χ4n) is 3.22. The lowest BCUT2D eigenvalue weighted by molar-refractivity contribution is -0.134. The summed E-state index contributed by atoms with van der Waals surface area (Å²) in [4.78, 5) is 39.5. The van der Waals surface area contributed by atoms with Crippen molar-refractivity contribution in [3.8, 4) is 0 Å². The maximum atomic E-state index is 12.6. The van der Waals surface area contributed by atoms with Gasteiger partial charge >= 0.3 is 6.09 Å². The highest BCUT2D eigenvalue weighted by molar-refractivity contribution is 5.82. The van der Waals surface area contributed by atoms with Crippen LogP contribution in [0.5, 0.6) is 0 Å². The molecule has 0 bridgehead atoms. The third kappa shape index (κ3) is 4.61. The molecule has 136 valence electrons. The van der Waals surface area contributed by atoms with Gasteiger partial charge in [0.15, 0.2) is 0 Å². The monoisotopic (exact) mass is 339 g/mol. The average Bonchev–Trinajstić information content (AvgIpc) is 2.83. The minimum absolute atomic E-state index is 0.0111. The standard InChI is InChI=1S/C17H29N3O4/c1-11-8-20(16(23)24-17(2,3)4)10-13(11)15(22)18-12-6-7-14(21)19(5)9-12/h11-13H,6-10H2,1-5H3,(H,18,22)/t11-,12-,13-/m1/s1. The van der Waals surface area contributed by atoms with Crippen LogP contribution in [-0.2, 0) is 14.3 Å². The number of ether oxygens (including phenoxy) is 1. The summed E-state index contributed by atoms with van der Waals surface area (Å²) in [5.41, 5.74) is -0.542. The largest absolute Gasteiger partial charge is 0.444 e. The molecule has 2 aliphatic heterocycles. The summed E-state index contributed by atoms with van der Waals surface area (Å²) in [6, 6.07) is -0.0111. The normalized spacial score (nSPS) is 28.0. The zero-order valence-corrected chi connectivity index (χ0v) is 15.3. The predicted octanol–water partition coefficient (Wildman–Crippen LogP) is 1.23. The Morgan fingerprint density at radius 2 is 1.88 bits per heavy atom. The fraction of sp³-hybridized carbons (Fsp3) is 0.824. The summed E-state index contributed by atoms with van der Waals surface area (Å²) in [7, 11) is 1.75. The molecule has 0 aromatic heterocycles. The quantitative estimate of drug-likeness (QED) is 0.821. The van der Waals surface area contributed by atoms with Gasteiger partial charge in [-0.05, 0) is 33.1 Å². The Kier molecular flexibility index (Phi) is 5.40. The Labute approximate surface area is 143 Å². The minimum atomic E-state index is -0.542. The number of likely N-dealkylation sites (N-methyl/N-ethyl adjacent to an activating group) is 1. The first-order valence-corrected chi connectivity index (χ1v) is 8.59. The van der Waals surface area contributed by atoms with Gasteiger partial charge in [0.25, 0.3) is 0 Å². The van der Waals surface area contributed by atoms with Crippen molar-refractivity contribution >= 4 is 17.9 Å². The molecule has 7 nitrogen and oxygen atoms in total. The Morgan fingerprint density at radius 1 is 1.21 bits per heavy atom. The molecule has 2 aliphatic rings. The molecule has 1 N–H and O–H groups in total. The van der Waals surface area contributed by atoms with Crippen molar-refractivity contribution in [1.29, 1.82) is 0 Å². The molecule has 3 atom stereocenters. The Bertz CT molecular complexity index is 514. The number of likely N-dealkylation sites (tertiary alicyclic amines) is 2. The number of carbonyl (C=O) groups is 3. The van der Waals surface area contributed by atoms with E-state index in [1.165, 1.54) is 0 Å². The van der Waals surface area contributed by atoms with Crippen molar-refractivity contribution in [2.24, 2.45) is 11.8 Å². The molecule has 7 heteroatoms. The van der Waals surface area contributed by atoms with E-state index in [0.717, 1.165) is 0 Å². The molecule has 0 aliphatic carbocycles. The van der Waals surface area contributed by atoms with Crippen molar-refractivity contribution in [2.45, 2.75) is 52.2 Å². The molecule has 2 saturated heterocycles. The highest BCUT2D eigenvalue weighted by atomic mass is 16.6. The molecule has 0 radical (unpaired) electrons. The van der Waals surface area contributed by atoms with Crippen LogP contribution in [0, 0.1) is 11.8 Å². The van der Waals surface area contributed by atoms with E-state index in [9.17, 15) is 14.4 Å². The second-order valence-corrected chi connectivity index (χ2v) is 7.99. The van der Waals surface area contributed by atoms with Gasteiger partial charge < -0.3 is 19.9 Å². The van der Waals surface area contributed by atoms with E-state index in [1.54, 1.807) is 16.8 Å². The van der Waals surface area contributed by atoms with Gasteiger partial charge in [0, 0.05) is 39.1 Å². The fourth-order valence-corrected chi connectivity index (χ4v) is 3.22. The van der Waals surface area contributed by atoms with Crippen LogP contribution in [0.1, 0.15) is 40.5 Å². The molecule has 2 fully saturated rings. The van der Waals surface area contributed by atoms with Gasteiger partial charge in [-0.15, -0.1) is 0 Å². The number of piperidine rings is 1. The smallest absolute Gasteiger partial charge is 0.410 e. The van der Waals surface area contributed by atoms with E-state index >= 15 is 0 Å². The van der Waals surface area contributed by atoms with E-state index in [2.05, 4.69) is 5.32 Å². The molecule has 3 amide bonds. The predicted molar refractivity (Wildman–Crippen MR) is 89.3 cm³/mol. The third-order valence-electron chi connectivity index (χ3n) is 4.57. The number of nitrogens with one attached hydrogen (secondary N) is 1. The van der Waals surface area contributed by atoms with Crippen molar-refractivity contribution in [1.82, 2.24) is 15.1 Å². The van der Waals surface area contributed by atoms with Crippen LogP contribution in [-0.4, -0.2) is 66.0 Å². The van der Waals surface area contributed by atoms with Crippen molar-refractivity contribution < 1.29 is 19.1 Å². The number of amides is 3. The van der Waals surface area contributed by atoms with Crippen LogP contribution in [0.4, 0.5) is 4.79 Å². The van der Waals surface area contributed by atoms with E-state index in [-0.39, 0.29) is 35.8 Å². The van der Waals surface area contributed by atoms with E-state index in [0.29, 0.717) is 32.5 Å². The first-order valence-electron chi connectivity index (χ1n) is 8.59. The molecule has 0 spiro atoms. The summed E-state index contributed by atoms with van der Waals surface area (Å²) >= 11 is 0. The summed E-state index contributed by atoms with van der Waals surface area (Å²) in [5.74, 6) is -0.0759. The summed E-state index contributed by atoms with van der Waals surface area (Å²) in [5, 5.41) is 3.04. The van der Waals surface area contributed by atoms with Gasteiger partial charge in [-0.1, -0.05) is 6.92 Å². The number of hydrogen-bond acceptors (Lipinski definition) is 4. The maximum absolute atomic E-state index is 12.6. The lowest BCUT2D eigenvalue weighted by Crippen LogP contribution is -2.50. The van der Waals surface area contributed by atoms with Crippen LogP contribution >= 0.6 is 0 Å². The first kappa shape index (κ1) is 18.5. The highest BCUT2D eigenvalue weighted by Crippen LogP contribution is 2.25. The SMILES string of the molecule is C[C@@H]1CN(C(=O)OC(C)(C)C)C[C@H]1C(=O)N[C@@H]1CCC(=O)N(C)C1. The van der Waals surface area contributed by atoms with E-state index in [4.69, 9.17) is 4.74 Å². The molecular formula is C17H29N3O4. The Hall–Kier alpha value is -1.79. The topological polar surface area (TPSA) is 79.0 Å². The molecule has 0 aromatic carbocycles. The Morgan fingerprint density at radius 3 is 2.46 bits per heavy atom. The molecule has 2 heterocycles. The van der Waals surface area contributed by atoms with Gasteiger partial charge in [-0.2, -0.15) is 0 Å². The van der Waals surface area contributed by atoms with Gasteiger partial charge in [0.1, 0.15) is 5.60 Å². The first-order chi connectivity index (χ1) is 11.1. The number of nitrogens with zero attached hydrogens (tertiary/aromatic N) is 2. The third-order valence-corrected chi connectivity index (χ3v) is 4.57. The second kappa shape index (κ2) is 6.99. The lowest BCUT2D eigenvalue weighted by Gasteiger charge is -2.31. The summed E-state index contributed by atoms with van der Waals surface area (Å²) in [6.07, 6.45) is 0.768. The molecule has 0 aromatic rings. The zero-order chi connectivity index (χ0) is 18.1. The summed E-state index contributed by atoms with van der Waals surface area (Å²) < 4.78 is 5.38. The molecular weight excluding hydrogens is 310 g/mol. The van der Waals surface area contributed by atoms with Crippen molar-refractivity contribution in [3.05, 3.63) is 0 Å². The maximum Gasteiger partial charge on any atom is 0.410 e. The lowest BCUT2D eigenvalue weighted by atomic mass is 9.96. The van der Waals surface area contributed by atoms with Crippen LogP contribution < -0.4 is 5.32 Å². The number of hydrogen-bond donors (Lipinski definition) is 1. The van der Waals surface area contributed by atoms with E-state index < -0.39 is 5.60 Å². The number of rotatable bonds is 2. The molecule has 24 heavy (non-hydrogen) atoms. The van der Waals surface area contributed by atoms with Crippen LogP contribution in [0.25, 0.3) is 0 Å². The highest BCUT2D eigenvalue weighted by Gasteiger charge is 2.39.